The summed E-state index contributed by atoms with van der Waals surface area (Å²) < 4.78 is 16.1. The molecule has 4 N–H and O–H groups in total. The third kappa shape index (κ3) is 8.41. The molecule has 290 valence electrons. The number of imidazole rings is 2. The second-order valence-electron chi connectivity index (χ2n) is 16.5. The largest absolute Gasteiger partial charge is 0.453 e. The van der Waals surface area contributed by atoms with E-state index in [-0.39, 0.29) is 36.0 Å². The number of amides is 3. The zero-order valence-corrected chi connectivity index (χ0v) is 32.0. The predicted octanol–water partition coefficient (Wildman–Crippen LogP) is 7.31. The number of nitrogens with zero attached hydrogens (tertiary/aromatic N) is 3. The van der Waals surface area contributed by atoms with Crippen LogP contribution in [0.2, 0.25) is 0 Å². The van der Waals surface area contributed by atoms with E-state index in [1.54, 1.807) is 0 Å². The molecule has 4 aliphatic rings. The molecule has 2 aliphatic heterocycles. The van der Waals surface area contributed by atoms with Gasteiger partial charge in [-0.25, -0.2) is 19.6 Å². The van der Waals surface area contributed by atoms with Gasteiger partial charge in [0.1, 0.15) is 23.3 Å². The van der Waals surface area contributed by atoms with Gasteiger partial charge in [0.2, 0.25) is 5.91 Å². The van der Waals surface area contributed by atoms with Crippen LogP contribution in [0.5, 0.6) is 0 Å². The molecule has 2 saturated heterocycles. The number of carbonyl (C=O) groups excluding carboxylic acids is 3. The molecule has 0 spiro atoms. The molecule has 0 bridgehead atoms. The van der Waals surface area contributed by atoms with Gasteiger partial charge >= 0.3 is 12.2 Å². The number of alkyl carbamates (subject to hydrolysis) is 1. The zero-order valence-electron chi connectivity index (χ0n) is 32.0. The Morgan fingerprint density at radius 3 is 2.09 bits per heavy atom. The summed E-state index contributed by atoms with van der Waals surface area (Å²) in [5, 5.41) is 5.97. The first-order chi connectivity index (χ1) is 26.5. The van der Waals surface area contributed by atoms with Gasteiger partial charge in [-0.3, -0.25) is 9.69 Å². The van der Waals surface area contributed by atoms with Crippen LogP contribution in [0.4, 0.5) is 9.59 Å². The maximum atomic E-state index is 13.7. The number of aromatic amines is 2. The Morgan fingerprint density at radius 1 is 0.855 bits per heavy atom. The molecule has 55 heavy (non-hydrogen) atoms. The van der Waals surface area contributed by atoms with Crippen molar-refractivity contribution in [3.63, 3.8) is 0 Å². The van der Waals surface area contributed by atoms with Crippen LogP contribution in [0.25, 0.3) is 33.6 Å². The number of carbonyl (C=O) groups is 3. The average Bonchev–Trinajstić information content (AvgIpc) is 3.96. The highest BCUT2D eigenvalue weighted by Crippen LogP contribution is 2.53. The first kappa shape index (κ1) is 36.8. The second kappa shape index (κ2) is 15.2. The number of benzene rings is 2. The Balaban J connectivity index is 0.924. The summed E-state index contributed by atoms with van der Waals surface area (Å²) >= 11 is 0. The van der Waals surface area contributed by atoms with E-state index in [0.29, 0.717) is 43.7 Å². The number of likely N-dealkylation sites (tertiary alicyclic amines) is 1. The van der Waals surface area contributed by atoms with Gasteiger partial charge < -0.3 is 34.8 Å². The lowest BCUT2D eigenvalue weighted by Gasteiger charge is -2.30. The highest BCUT2D eigenvalue weighted by atomic mass is 16.6. The van der Waals surface area contributed by atoms with Gasteiger partial charge in [0.05, 0.1) is 43.0 Å². The number of nitrogens with one attached hydrogen (secondary N) is 4. The van der Waals surface area contributed by atoms with Crippen molar-refractivity contribution in [2.24, 2.45) is 17.8 Å². The lowest BCUT2D eigenvalue weighted by atomic mass is 9.91. The molecule has 2 saturated carbocycles. The van der Waals surface area contributed by atoms with Crippen LogP contribution in [0, 0.1) is 17.8 Å². The molecule has 0 unspecified atom stereocenters. The van der Waals surface area contributed by atoms with Crippen molar-refractivity contribution in [3.05, 3.63) is 72.6 Å². The Labute approximate surface area is 321 Å². The number of H-pyrrole nitrogens is 2. The Morgan fingerprint density at radius 2 is 1.47 bits per heavy atom. The maximum absolute atomic E-state index is 13.7. The summed E-state index contributed by atoms with van der Waals surface area (Å²) in [5.74, 6) is 2.26. The lowest BCUT2D eigenvalue weighted by molar-refractivity contribution is -0.126. The molecule has 13 nitrogen and oxygen atoms in total. The normalized spacial score (nSPS) is 22.0. The van der Waals surface area contributed by atoms with E-state index in [1.165, 1.54) is 7.11 Å². The van der Waals surface area contributed by atoms with E-state index < -0.39 is 17.7 Å². The number of ether oxygens (including phenoxy) is 3. The highest BCUT2D eigenvalue weighted by Gasteiger charge is 2.56. The summed E-state index contributed by atoms with van der Waals surface area (Å²) in [6, 6.07) is 15.8. The molecule has 2 aliphatic carbocycles. The van der Waals surface area contributed by atoms with Crippen LogP contribution in [0.15, 0.2) is 60.9 Å². The van der Waals surface area contributed by atoms with E-state index >= 15 is 0 Å². The fraction of sp³-hybridized carbons (Fsp3) is 0.500. The smallest absolute Gasteiger partial charge is 0.411 e. The van der Waals surface area contributed by atoms with Crippen LogP contribution in [0.1, 0.15) is 89.4 Å². The average molecular weight is 750 g/mol. The summed E-state index contributed by atoms with van der Waals surface area (Å²) in [6.07, 6.45) is 9.11. The number of piperidine rings is 1. The van der Waals surface area contributed by atoms with Crippen molar-refractivity contribution in [1.82, 2.24) is 35.5 Å². The van der Waals surface area contributed by atoms with Crippen LogP contribution in [-0.4, -0.2) is 80.9 Å². The van der Waals surface area contributed by atoms with Gasteiger partial charge in [-0.05, 0) is 92.9 Å². The molecule has 4 aromatic rings. The summed E-state index contributed by atoms with van der Waals surface area (Å²) in [4.78, 5) is 57.2. The Kier molecular flexibility index (Phi) is 10.1. The molecule has 2 aromatic carbocycles. The first-order valence-electron chi connectivity index (χ1n) is 19.6. The van der Waals surface area contributed by atoms with Gasteiger partial charge in [-0.15, -0.1) is 0 Å². The van der Waals surface area contributed by atoms with Gasteiger partial charge in [-0.1, -0.05) is 61.4 Å². The third-order valence-electron chi connectivity index (χ3n) is 11.3. The standard InChI is InChI=1S/C42H51N7O6/c1-42(2,3)55-41(52)49-34-20-30(34)21-35(49)38-44-23-33(46-38)28-13-9-26(10-14-28)25-7-11-27(12-8-25)32-22-43-37(45-32)31(19-24-5-6-24)47-39(50)36(48-40(51)53-4)29-15-17-54-18-16-29/h7-14,22-24,29-31,34-36H,5-6,15-21H2,1-4H3,(H,43,45)(H,44,46)(H,47,50)(H,48,51)/t30-,31+,34-,35+,36+/m1/s1. The molecule has 4 fully saturated rings. The number of hydrogen-bond acceptors (Lipinski definition) is 8. The van der Waals surface area contributed by atoms with Crippen LogP contribution >= 0.6 is 0 Å². The second-order valence-corrected chi connectivity index (χ2v) is 16.5. The topological polar surface area (TPSA) is 164 Å². The van der Waals surface area contributed by atoms with E-state index in [9.17, 15) is 14.4 Å². The minimum Gasteiger partial charge on any atom is -0.453 e. The van der Waals surface area contributed by atoms with E-state index in [4.69, 9.17) is 24.2 Å². The van der Waals surface area contributed by atoms with Gasteiger partial charge in [0, 0.05) is 19.3 Å². The number of methoxy groups -OCH3 is 1. The number of hydrogen-bond donors (Lipinski definition) is 4. The van der Waals surface area contributed by atoms with Crippen molar-refractivity contribution in [1.29, 1.82) is 0 Å². The number of fused-ring (bicyclic) bond motifs is 1. The van der Waals surface area contributed by atoms with E-state index in [1.807, 2.05) is 38.1 Å². The van der Waals surface area contributed by atoms with E-state index in [0.717, 1.165) is 71.6 Å². The zero-order chi connectivity index (χ0) is 38.3. The maximum Gasteiger partial charge on any atom is 0.411 e. The number of aromatic nitrogens is 4. The molecule has 3 amide bonds. The fourth-order valence-corrected chi connectivity index (χ4v) is 8.10. The SMILES string of the molecule is COC(=O)N[C@H](C(=O)N[C@@H](CC1CC1)c1ncc(-c2ccc(-c3ccc(-c4cnc([C@@H]5C[C@H]6C[C@H]6N5C(=O)OC(C)(C)C)[nH]4)cc3)cc2)[nH]1)C1CCOCC1. The summed E-state index contributed by atoms with van der Waals surface area (Å²) in [7, 11) is 1.30. The predicted molar refractivity (Wildman–Crippen MR) is 205 cm³/mol. The highest BCUT2D eigenvalue weighted by molar-refractivity contribution is 5.86. The van der Waals surface area contributed by atoms with Crippen LogP contribution in [0.3, 0.4) is 0 Å². The number of rotatable bonds is 11. The summed E-state index contributed by atoms with van der Waals surface area (Å²) in [6.45, 7) is 6.80. The lowest BCUT2D eigenvalue weighted by Crippen LogP contribution is -2.52. The molecule has 5 atom stereocenters. The summed E-state index contributed by atoms with van der Waals surface area (Å²) in [5.41, 5.74) is 5.39. The van der Waals surface area contributed by atoms with Crippen molar-refractivity contribution in [2.75, 3.05) is 20.3 Å². The van der Waals surface area contributed by atoms with Crippen LogP contribution in [-0.2, 0) is 19.0 Å². The molecule has 0 radical (unpaired) electrons. The van der Waals surface area contributed by atoms with Gasteiger partial charge in [0.15, 0.2) is 0 Å². The Bertz CT molecular complexity index is 1990. The van der Waals surface area contributed by atoms with Gasteiger partial charge in [0.25, 0.3) is 0 Å². The molecule has 8 rings (SSSR count). The molecule has 13 heteroatoms. The molecular formula is C42H51N7O6. The first-order valence-corrected chi connectivity index (χ1v) is 19.6. The van der Waals surface area contributed by atoms with Crippen molar-refractivity contribution in [2.45, 2.75) is 95.5 Å². The monoisotopic (exact) mass is 749 g/mol. The fourth-order valence-electron chi connectivity index (χ4n) is 8.10. The minimum atomic E-state index is -0.717. The molecule has 2 aromatic heterocycles. The van der Waals surface area contributed by atoms with Crippen molar-refractivity contribution < 1.29 is 28.6 Å². The van der Waals surface area contributed by atoms with Crippen LogP contribution < -0.4 is 10.6 Å². The quantitative estimate of drug-likeness (QED) is 0.124. The Hall–Kier alpha value is -5.17. The molecular weight excluding hydrogens is 699 g/mol. The van der Waals surface area contributed by atoms with Crippen molar-refractivity contribution >= 4 is 18.1 Å². The van der Waals surface area contributed by atoms with E-state index in [2.05, 4.69) is 69.1 Å². The minimum absolute atomic E-state index is 0.0413. The van der Waals surface area contributed by atoms with Gasteiger partial charge in [-0.2, -0.15) is 0 Å². The van der Waals surface area contributed by atoms with Crippen molar-refractivity contribution in [3.8, 4) is 33.6 Å². The third-order valence-corrected chi connectivity index (χ3v) is 11.3. The molecule has 4 heterocycles.